The first-order valence-electron chi connectivity index (χ1n) is 3.20. The maximum Gasteiger partial charge on any atom is 0.370 e. The van der Waals surface area contributed by atoms with Gasteiger partial charge in [-0.25, -0.2) is 0 Å². The van der Waals surface area contributed by atoms with Crippen molar-refractivity contribution >= 4 is 13.5 Å². The normalized spacial score (nSPS) is 8.79. The molecule has 89 valence electrons. The van der Waals surface area contributed by atoms with Crippen LogP contribution in [0.3, 0.4) is 0 Å². The molecule has 0 amide bonds. The van der Waals surface area contributed by atoms with Crippen LogP contribution in [-0.4, -0.2) is 26.7 Å². The summed E-state index contributed by atoms with van der Waals surface area (Å²) in [5, 5.41) is 0. The molecule has 1 unspecified atom stereocenters. The van der Waals surface area contributed by atoms with Crippen LogP contribution in [0.1, 0.15) is 43.1 Å². The molecule has 14 heavy (non-hydrogen) atoms. The van der Waals surface area contributed by atoms with Gasteiger partial charge >= 0.3 is 7.48 Å². The fourth-order valence-corrected chi connectivity index (χ4v) is 0.498. The topological polar surface area (TPSA) is 35.5 Å². The van der Waals surface area contributed by atoms with Crippen LogP contribution in [0.15, 0.2) is 0 Å². The predicted octanol–water partition coefficient (Wildman–Crippen LogP) is 3.17. The molecule has 0 spiro atoms. The second-order valence-electron chi connectivity index (χ2n) is 1.98. The molecule has 4 heteroatoms. The molecule has 0 aliphatic carbocycles. The number of rotatable bonds is 4. The molecule has 0 rings (SSSR count). The Kier molecular flexibility index (Phi) is 38.2. The molecule has 0 aromatic heterocycles. The third-order valence-electron chi connectivity index (χ3n) is 1.11. The third-order valence-corrected chi connectivity index (χ3v) is 1.11. The molecule has 1 atom stereocenters. The van der Waals surface area contributed by atoms with Gasteiger partial charge in [0.15, 0.2) is 0 Å². The Balaban J connectivity index is -0.0000000675. The molecule has 0 heterocycles. The van der Waals surface area contributed by atoms with Gasteiger partial charge in [-0.1, -0.05) is 36.5 Å². The van der Waals surface area contributed by atoms with Gasteiger partial charge in [-0.3, -0.25) is 4.79 Å². The lowest BCUT2D eigenvalue weighted by Crippen LogP contribution is -2.15. The molecular formula is C10H28BO3. The molecule has 0 aliphatic rings. The van der Waals surface area contributed by atoms with Crippen molar-refractivity contribution in [2.45, 2.75) is 56.0 Å². The Morgan fingerprint density at radius 1 is 1.29 bits per heavy atom. The zero-order valence-corrected chi connectivity index (χ0v) is 6.59. The number of carbonyl (C=O) groups is 1. The zero-order valence-electron chi connectivity index (χ0n) is 6.59. The van der Waals surface area contributed by atoms with Crippen LogP contribution in [0.25, 0.3) is 0 Å². The SMILES string of the molecule is C.C.C.C.C[B]OC(=O)CC(C)OC. The van der Waals surface area contributed by atoms with Crippen molar-refractivity contribution in [3.05, 3.63) is 0 Å². The van der Waals surface area contributed by atoms with E-state index in [4.69, 9.17) is 4.74 Å². The highest BCUT2D eigenvalue weighted by atomic mass is 16.5. The smallest absolute Gasteiger partial charge is 0.370 e. The first-order chi connectivity index (χ1) is 4.70. The van der Waals surface area contributed by atoms with Crippen LogP contribution in [0.5, 0.6) is 0 Å². The monoisotopic (exact) mass is 207 g/mol. The Morgan fingerprint density at radius 2 is 1.71 bits per heavy atom. The average Bonchev–Trinajstić information content (AvgIpc) is 1.88. The van der Waals surface area contributed by atoms with E-state index in [1.165, 1.54) is 7.48 Å². The summed E-state index contributed by atoms with van der Waals surface area (Å²) in [6.45, 7) is 3.48. The van der Waals surface area contributed by atoms with Gasteiger partial charge in [-0.2, -0.15) is 0 Å². The molecule has 0 bridgehead atoms. The quantitative estimate of drug-likeness (QED) is 0.664. The summed E-state index contributed by atoms with van der Waals surface area (Å²) in [6, 6.07) is 0. The summed E-state index contributed by atoms with van der Waals surface area (Å²) in [5.74, 6) is -0.253. The van der Waals surface area contributed by atoms with Gasteiger partial charge in [0.05, 0.1) is 12.5 Å². The Bertz CT molecular complexity index is 108. The van der Waals surface area contributed by atoms with Gasteiger partial charge in [0.2, 0.25) is 0 Å². The summed E-state index contributed by atoms with van der Waals surface area (Å²) in [7, 11) is 2.93. The van der Waals surface area contributed by atoms with E-state index in [2.05, 4.69) is 4.65 Å². The van der Waals surface area contributed by atoms with Crippen molar-refractivity contribution in [3.8, 4) is 0 Å². The fraction of sp³-hybridized carbons (Fsp3) is 0.900. The minimum Gasteiger partial charge on any atom is -0.539 e. The third kappa shape index (κ3) is 17.5. The van der Waals surface area contributed by atoms with Gasteiger partial charge in [0, 0.05) is 7.11 Å². The number of methoxy groups -OCH3 is 1. The van der Waals surface area contributed by atoms with Crippen molar-refractivity contribution in [2.24, 2.45) is 0 Å². The summed E-state index contributed by atoms with van der Waals surface area (Å²) in [4.78, 5) is 10.7. The Morgan fingerprint density at radius 3 is 2.00 bits per heavy atom. The highest BCUT2D eigenvalue weighted by Gasteiger charge is 2.07. The number of hydrogen-bond donors (Lipinski definition) is 0. The molecule has 0 saturated carbocycles. The largest absolute Gasteiger partial charge is 0.539 e. The number of hydrogen-bond acceptors (Lipinski definition) is 3. The second kappa shape index (κ2) is 18.3. The van der Waals surface area contributed by atoms with Crippen LogP contribution in [-0.2, 0) is 14.2 Å². The van der Waals surface area contributed by atoms with E-state index < -0.39 is 0 Å². The zero-order chi connectivity index (χ0) is 7.98. The molecule has 0 aromatic rings. The van der Waals surface area contributed by atoms with E-state index in [1.807, 2.05) is 6.92 Å². The Labute approximate surface area is 91.5 Å². The number of ether oxygens (including phenoxy) is 1. The van der Waals surface area contributed by atoms with Gasteiger partial charge in [-0.15, -0.1) is 0 Å². The summed E-state index contributed by atoms with van der Waals surface area (Å²) in [6.07, 6.45) is 0.244. The average molecular weight is 207 g/mol. The lowest BCUT2D eigenvalue weighted by molar-refractivity contribution is -0.136. The van der Waals surface area contributed by atoms with Crippen molar-refractivity contribution in [1.29, 1.82) is 0 Å². The summed E-state index contributed by atoms with van der Waals surface area (Å²) in [5.41, 5.74) is 0. The highest BCUT2D eigenvalue weighted by Crippen LogP contribution is 1.96. The van der Waals surface area contributed by atoms with E-state index in [-0.39, 0.29) is 41.8 Å². The van der Waals surface area contributed by atoms with Crippen LogP contribution in [0, 0.1) is 0 Å². The molecule has 1 radical (unpaired) electrons. The maximum atomic E-state index is 10.7. The van der Waals surface area contributed by atoms with Crippen molar-refractivity contribution in [1.82, 2.24) is 0 Å². The number of carbonyl (C=O) groups excluding carboxylic acids is 1. The maximum absolute atomic E-state index is 10.7. The molecule has 0 fully saturated rings. The molecule has 0 aromatic carbocycles. The van der Waals surface area contributed by atoms with Gasteiger partial charge in [-0.05, 0) is 6.92 Å². The van der Waals surface area contributed by atoms with Gasteiger partial charge in [0.25, 0.3) is 5.97 Å². The van der Waals surface area contributed by atoms with Crippen molar-refractivity contribution < 1.29 is 14.2 Å². The first kappa shape index (κ1) is 29.2. The molecule has 0 saturated heterocycles. The minimum atomic E-state index is -0.253. The van der Waals surface area contributed by atoms with Gasteiger partial charge in [0.1, 0.15) is 0 Å². The van der Waals surface area contributed by atoms with Crippen LogP contribution in [0.2, 0.25) is 6.82 Å². The molecule has 0 aliphatic heterocycles. The van der Waals surface area contributed by atoms with Crippen LogP contribution >= 0.6 is 0 Å². The van der Waals surface area contributed by atoms with Crippen molar-refractivity contribution in [2.75, 3.05) is 7.11 Å². The van der Waals surface area contributed by atoms with E-state index in [9.17, 15) is 4.79 Å². The summed E-state index contributed by atoms with van der Waals surface area (Å²) >= 11 is 0. The standard InChI is InChI=1S/C6H12BO3.4CH4/c1-5(9-3)4-6(8)10-7-2;;;;/h5H,4H2,1-3H3;4*1H4. The van der Waals surface area contributed by atoms with E-state index in [1.54, 1.807) is 13.9 Å². The summed E-state index contributed by atoms with van der Waals surface area (Å²) < 4.78 is 9.42. The Hall–Kier alpha value is -0.505. The lowest BCUT2D eigenvalue weighted by Gasteiger charge is -2.07. The fourth-order valence-electron chi connectivity index (χ4n) is 0.498. The van der Waals surface area contributed by atoms with E-state index in [0.29, 0.717) is 6.42 Å². The van der Waals surface area contributed by atoms with Gasteiger partial charge < -0.3 is 9.39 Å². The van der Waals surface area contributed by atoms with Crippen LogP contribution < -0.4 is 0 Å². The van der Waals surface area contributed by atoms with E-state index >= 15 is 0 Å². The molecule has 3 nitrogen and oxygen atoms in total. The second-order valence-corrected chi connectivity index (χ2v) is 1.98. The lowest BCUT2D eigenvalue weighted by atomic mass is 10.1. The van der Waals surface area contributed by atoms with Crippen molar-refractivity contribution in [3.63, 3.8) is 0 Å². The highest BCUT2D eigenvalue weighted by molar-refractivity contribution is 6.28. The predicted molar refractivity (Wildman–Crippen MR) is 65.7 cm³/mol. The molecule has 0 N–H and O–H groups in total. The van der Waals surface area contributed by atoms with Crippen LogP contribution in [0.4, 0.5) is 0 Å². The minimum absolute atomic E-state index is 0. The van der Waals surface area contributed by atoms with E-state index in [0.717, 1.165) is 0 Å². The first-order valence-corrected chi connectivity index (χ1v) is 3.20. The molecular weight excluding hydrogens is 179 g/mol.